The SMILES string of the molecule is CC(C)(OCCOCCOCCOCCOCCNC(=O)O)C(F)CN. The second-order valence-corrected chi connectivity index (χ2v) is 5.84. The number of carboxylic acid groups (broad SMARTS) is 1. The van der Waals surface area contributed by atoms with Crippen LogP contribution in [0.4, 0.5) is 9.18 Å². The molecule has 0 rings (SSSR count). The van der Waals surface area contributed by atoms with Crippen molar-refractivity contribution in [2.24, 2.45) is 5.73 Å². The first kappa shape index (κ1) is 25.0. The van der Waals surface area contributed by atoms with E-state index in [9.17, 15) is 9.18 Å². The summed E-state index contributed by atoms with van der Waals surface area (Å²) in [5.41, 5.74) is 4.37. The number of nitrogens with two attached hydrogens (primary N) is 1. The molecule has 0 saturated heterocycles. The van der Waals surface area contributed by atoms with Crippen molar-refractivity contribution in [2.75, 3.05) is 72.6 Å². The third-order valence-electron chi connectivity index (χ3n) is 3.30. The number of alkyl halides is 1. The summed E-state index contributed by atoms with van der Waals surface area (Å²) < 4.78 is 40.0. The van der Waals surface area contributed by atoms with Gasteiger partial charge in [-0.15, -0.1) is 0 Å². The summed E-state index contributed by atoms with van der Waals surface area (Å²) in [7, 11) is 0. The molecule has 9 nitrogen and oxygen atoms in total. The molecule has 1 unspecified atom stereocenters. The summed E-state index contributed by atoms with van der Waals surface area (Å²) in [6.45, 7) is 6.98. The van der Waals surface area contributed by atoms with Crippen LogP contribution in [0.5, 0.6) is 0 Å². The lowest BCUT2D eigenvalue weighted by Crippen LogP contribution is -2.41. The Bertz CT molecular complexity index is 349. The predicted octanol–water partition coefficient (Wildman–Crippen LogP) is 0.412. The fourth-order valence-corrected chi connectivity index (χ4v) is 1.73. The molecule has 0 aliphatic rings. The van der Waals surface area contributed by atoms with Gasteiger partial charge >= 0.3 is 6.09 Å². The van der Waals surface area contributed by atoms with Gasteiger partial charge in [-0.25, -0.2) is 9.18 Å². The predicted molar refractivity (Wildman–Crippen MR) is 93.3 cm³/mol. The molecule has 0 spiro atoms. The van der Waals surface area contributed by atoms with Gasteiger partial charge in [0.1, 0.15) is 6.17 Å². The summed E-state index contributed by atoms with van der Waals surface area (Å²) in [6, 6.07) is 0. The van der Waals surface area contributed by atoms with Crippen LogP contribution >= 0.6 is 0 Å². The summed E-state index contributed by atoms with van der Waals surface area (Å²) in [4.78, 5) is 10.2. The number of carbonyl (C=O) groups is 1. The van der Waals surface area contributed by atoms with Crippen molar-refractivity contribution in [3.05, 3.63) is 0 Å². The van der Waals surface area contributed by atoms with Crippen molar-refractivity contribution in [1.29, 1.82) is 0 Å². The van der Waals surface area contributed by atoms with E-state index in [-0.39, 0.29) is 13.1 Å². The molecule has 26 heavy (non-hydrogen) atoms. The minimum Gasteiger partial charge on any atom is -0.465 e. The Morgan fingerprint density at radius 3 is 1.81 bits per heavy atom. The second-order valence-electron chi connectivity index (χ2n) is 5.84. The van der Waals surface area contributed by atoms with Crippen LogP contribution in [0.25, 0.3) is 0 Å². The highest BCUT2D eigenvalue weighted by Crippen LogP contribution is 2.16. The van der Waals surface area contributed by atoms with Gasteiger partial charge in [-0.2, -0.15) is 0 Å². The van der Waals surface area contributed by atoms with Gasteiger partial charge in [0, 0.05) is 13.1 Å². The van der Waals surface area contributed by atoms with Gasteiger partial charge < -0.3 is 39.8 Å². The average Bonchev–Trinajstić information content (AvgIpc) is 2.60. The molecule has 0 radical (unpaired) electrons. The summed E-state index contributed by atoms with van der Waals surface area (Å²) >= 11 is 0. The van der Waals surface area contributed by atoms with Crippen LogP contribution in [0, 0.1) is 0 Å². The molecule has 1 amide bonds. The molecule has 0 aliphatic heterocycles. The molecule has 0 saturated carbocycles. The van der Waals surface area contributed by atoms with E-state index in [1.54, 1.807) is 13.8 Å². The van der Waals surface area contributed by atoms with Crippen molar-refractivity contribution in [3.63, 3.8) is 0 Å². The molecule has 156 valence electrons. The molecule has 0 aromatic heterocycles. The fourth-order valence-electron chi connectivity index (χ4n) is 1.73. The van der Waals surface area contributed by atoms with Gasteiger partial charge in [-0.3, -0.25) is 0 Å². The molecule has 0 fully saturated rings. The Hall–Kier alpha value is -1.04. The van der Waals surface area contributed by atoms with Gasteiger partial charge in [0.2, 0.25) is 0 Å². The van der Waals surface area contributed by atoms with E-state index in [0.29, 0.717) is 59.5 Å². The zero-order valence-corrected chi connectivity index (χ0v) is 15.7. The van der Waals surface area contributed by atoms with Crippen molar-refractivity contribution >= 4 is 6.09 Å². The van der Waals surface area contributed by atoms with E-state index in [0.717, 1.165) is 0 Å². The highest BCUT2D eigenvalue weighted by atomic mass is 19.1. The number of nitrogens with one attached hydrogen (secondary N) is 1. The van der Waals surface area contributed by atoms with Crippen LogP contribution in [-0.4, -0.2) is 95.5 Å². The van der Waals surface area contributed by atoms with Gasteiger partial charge in [0.15, 0.2) is 0 Å². The maximum atomic E-state index is 13.5. The fraction of sp³-hybridized carbons (Fsp3) is 0.938. The Labute approximate surface area is 154 Å². The third kappa shape index (κ3) is 15.2. The molecule has 0 aromatic rings. The van der Waals surface area contributed by atoms with Crippen molar-refractivity contribution in [2.45, 2.75) is 25.6 Å². The van der Waals surface area contributed by atoms with E-state index >= 15 is 0 Å². The minimum absolute atomic E-state index is 0.0716. The van der Waals surface area contributed by atoms with E-state index < -0.39 is 17.9 Å². The van der Waals surface area contributed by atoms with Crippen LogP contribution in [0.15, 0.2) is 0 Å². The van der Waals surface area contributed by atoms with Crippen LogP contribution in [0.3, 0.4) is 0 Å². The van der Waals surface area contributed by atoms with Gasteiger partial charge in [-0.05, 0) is 13.8 Å². The molecule has 1 atom stereocenters. The lowest BCUT2D eigenvalue weighted by atomic mass is 10.0. The molecule has 10 heteroatoms. The van der Waals surface area contributed by atoms with Crippen LogP contribution < -0.4 is 11.1 Å². The average molecular weight is 384 g/mol. The minimum atomic E-state index is -1.21. The molecule has 4 N–H and O–H groups in total. The van der Waals surface area contributed by atoms with E-state index in [2.05, 4.69) is 5.32 Å². The zero-order valence-electron chi connectivity index (χ0n) is 15.7. The van der Waals surface area contributed by atoms with Crippen LogP contribution in [-0.2, 0) is 23.7 Å². The number of hydrogen-bond acceptors (Lipinski definition) is 7. The van der Waals surface area contributed by atoms with Crippen molar-refractivity contribution in [1.82, 2.24) is 5.32 Å². The number of ether oxygens (including phenoxy) is 5. The Morgan fingerprint density at radius 1 is 0.962 bits per heavy atom. The molecule has 0 heterocycles. The first-order valence-electron chi connectivity index (χ1n) is 8.66. The second kappa shape index (κ2) is 16.2. The summed E-state index contributed by atoms with van der Waals surface area (Å²) in [5, 5.41) is 10.5. The maximum Gasteiger partial charge on any atom is 0.404 e. The molecular formula is C16H33FN2O7. The van der Waals surface area contributed by atoms with Gasteiger partial charge in [-0.1, -0.05) is 0 Å². The van der Waals surface area contributed by atoms with E-state index in [1.165, 1.54) is 0 Å². The first-order chi connectivity index (χ1) is 12.4. The Balaban J connectivity index is 3.21. The van der Waals surface area contributed by atoms with Gasteiger partial charge in [0.25, 0.3) is 0 Å². The van der Waals surface area contributed by atoms with Crippen molar-refractivity contribution < 1.29 is 38.0 Å². The monoisotopic (exact) mass is 384 g/mol. The Morgan fingerprint density at radius 2 is 1.38 bits per heavy atom. The first-order valence-corrected chi connectivity index (χ1v) is 8.66. The molecular weight excluding hydrogens is 351 g/mol. The third-order valence-corrected chi connectivity index (χ3v) is 3.30. The topological polar surface area (TPSA) is 122 Å². The molecule has 0 aromatic carbocycles. The number of hydrogen-bond donors (Lipinski definition) is 3. The Kier molecular flexibility index (Phi) is 15.5. The van der Waals surface area contributed by atoms with E-state index in [1.807, 2.05) is 0 Å². The molecule has 0 aliphatic carbocycles. The van der Waals surface area contributed by atoms with Crippen LogP contribution in [0.1, 0.15) is 13.8 Å². The zero-order chi connectivity index (χ0) is 19.7. The summed E-state index contributed by atoms with van der Waals surface area (Å²) in [6.07, 6.45) is -2.28. The lowest BCUT2D eigenvalue weighted by molar-refractivity contribution is -0.0884. The van der Waals surface area contributed by atoms with Gasteiger partial charge in [0.05, 0.1) is 65.1 Å². The smallest absolute Gasteiger partial charge is 0.404 e. The maximum absolute atomic E-state index is 13.5. The number of amides is 1. The highest BCUT2D eigenvalue weighted by Gasteiger charge is 2.28. The number of halogens is 1. The lowest BCUT2D eigenvalue weighted by Gasteiger charge is -2.28. The quantitative estimate of drug-likeness (QED) is 0.291. The highest BCUT2D eigenvalue weighted by molar-refractivity contribution is 5.64. The van der Waals surface area contributed by atoms with E-state index in [4.69, 9.17) is 34.5 Å². The number of rotatable bonds is 18. The summed E-state index contributed by atoms with van der Waals surface area (Å²) in [5.74, 6) is 0. The van der Waals surface area contributed by atoms with Crippen LogP contribution in [0.2, 0.25) is 0 Å². The standard InChI is InChI=1S/C16H33FN2O7/c1-16(2,14(17)13-18)26-12-11-25-10-9-24-8-7-23-6-5-22-4-3-19-15(20)21/h14,19H,3-13,18H2,1-2H3,(H,20,21). The van der Waals surface area contributed by atoms with Crippen molar-refractivity contribution in [3.8, 4) is 0 Å². The molecule has 0 bridgehead atoms. The largest absolute Gasteiger partial charge is 0.465 e. The normalized spacial score (nSPS) is 12.9.